The van der Waals surface area contributed by atoms with Crippen molar-refractivity contribution in [3.63, 3.8) is 0 Å². The van der Waals surface area contributed by atoms with Crippen LogP contribution in [0.4, 0.5) is 10.5 Å². The number of H-pyrrole nitrogens is 1. The molecule has 3 heterocycles. The number of piperidine rings is 1. The zero-order valence-corrected chi connectivity index (χ0v) is 17.9. The largest absolute Gasteiger partial charge is 0.361 e. The predicted molar refractivity (Wildman–Crippen MR) is 125 cm³/mol. The van der Waals surface area contributed by atoms with E-state index in [1.807, 2.05) is 18.3 Å². The second kappa shape index (κ2) is 8.70. The third kappa shape index (κ3) is 3.92. The number of carbonyl (C=O) groups is 1. The van der Waals surface area contributed by atoms with Gasteiger partial charge in [0.1, 0.15) is 0 Å². The first-order chi connectivity index (χ1) is 14.2. The molecule has 158 valence electrons. The quantitative estimate of drug-likeness (QED) is 0.629. The molecule has 1 saturated heterocycles. The molecule has 6 heteroatoms. The first kappa shape index (κ1) is 20.8. The van der Waals surface area contributed by atoms with Crippen molar-refractivity contribution in [2.75, 3.05) is 31.1 Å². The highest BCUT2D eigenvalue weighted by atomic mass is 35.5. The summed E-state index contributed by atoms with van der Waals surface area (Å²) in [5, 5.41) is 1.31. The van der Waals surface area contributed by atoms with Crippen molar-refractivity contribution >= 4 is 35.0 Å². The molecule has 3 aromatic rings. The number of para-hydroxylation sites is 1. The van der Waals surface area contributed by atoms with Gasteiger partial charge in [-0.15, -0.1) is 12.4 Å². The van der Waals surface area contributed by atoms with Crippen molar-refractivity contribution < 1.29 is 4.79 Å². The maximum Gasteiger partial charge on any atom is 0.319 e. The van der Waals surface area contributed by atoms with Crippen molar-refractivity contribution in [1.82, 2.24) is 9.88 Å². The smallest absolute Gasteiger partial charge is 0.319 e. The normalized spacial score (nSPS) is 19.6. The number of benzene rings is 2. The number of nitrogens with two attached hydrogens (primary N) is 1. The number of primary amides is 1. The summed E-state index contributed by atoms with van der Waals surface area (Å²) in [4.78, 5) is 19.4. The molecule has 1 atom stereocenters. The SMILES string of the molecule is Cl.NC(=O)N1C[C@@H](CCN2CCC(c3ccc4[nH]ccc4c3)CC2)c2ccccc21. The summed E-state index contributed by atoms with van der Waals surface area (Å²) in [5.41, 5.74) is 10.5. The Labute approximate surface area is 183 Å². The molecule has 3 N–H and O–H groups in total. The van der Waals surface area contributed by atoms with Crippen molar-refractivity contribution in [3.05, 3.63) is 65.9 Å². The monoisotopic (exact) mass is 424 g/mol. The molecule has 0 bridgehead atoms. The zero-order chi connectivity index (χ0) is 19.8. The molecule has 1 fully saturated rings. The van der Waals surface area contributed by atoms with E-state index in [-0.39, 0.29) is 18.4 Å². The average Bonchev–Trinajstić information content (AvgIpc) is 3.37. The fraction of sp³-hybridized carbons (Fsp3) is 0.375. The number of hydrogen-bond acceptors (Lipinski definition) is 2. The maximum absolute atomic E-state index is 11.8. The number of likely N-dealkylation sites (tertiary alicyclic amines) is 1. The first-order valence-electron chi connectivity index (χ1n) is 10.6. The minimum Gasteiger partial charge on any atom is -0.361 e. The number of hydrogen-bond donors (Lipinski definition) is 2. The van der Waals surface area contributed by atoms with Crippen molar-refractivity contribution in [2.24, 2.45) is 5.73 Å². The molecule has 5 nitrogen and oxygen atoms in total. The Kier molecular flexibility index (Phi) is 6.02. The van der Waals surface area contributed by atoms with E-state index in [0.717, 1.165) is 31.7 Å². The summed E-state index contributed by atoms with van der Waals surface area (Å²) < 4.78 is 0. The number of rotatable bonds is 4. The number of nitrogens with one attached hydrogen (secondary N) is 1. The van der Waals surface area contributed by atoms with Gasteiger partial charge in [0.2, 0.25) is 0 Å². The average molecular weight is 425 g/mol. The number of halogens is 1. The lowest BCUT2D eigenvalue weighted by molar-refractivity contribution is 0.206. The van der Waals surface area contributed by atoms with Crippen LogP contribution in [0.25, 0.3) is 10.9 Å². The maximum atomic E-state index is 11.8. The van der Waals surface area contributed by atoms with E-state index in [1.54, 1.807) is 4.90 Å². The summed E-state index contributed by atoms with van der Waals surface area (Å²) in [6.07, 6.45) is 5.51. The third-order valence-electron chi connectivity index (χ3n) is 6.77. The number of aromatic nitrogens is 1. The number of amides is 2. The van der Waals surface area contributed by atoms with Crippen LogP contribution in [0.15, 0.2) is 54.7 Å². The first-order valence-corrected chi connectivity index (χ1v) is 10.6. The molecule has 0 spiro atoms. The lowest BCUT2D eigenvalue weighted by Crippen LogP contribution is -2.36. The highest BCUT2D eigenvalue weighted by Gasteiger charge is 2.31. The Morgan fingerprint density at radius 2 is 1.90 bits per heavy atom. The summed E-state index contributed by atoms with van der Waals surface area (Å²) in [5.74, 6) is 1.04. The van der Waals surface area contributed by atoms with Gasteiger partial charge in [-0.2, -0.15) is 0 Å². The number of nitrogens with zero attached hydrogens (tertiary/aromatic N) is 2. The van der Waals surface area contributed by atoms with E-state index in [9.17, 15) is 4.79 Å². The Morgan fingerprint density at radius 3 is 2.70 bits per heavy atom. The molecule has 2 amide bonds. The molecule has 0 unspecified atom stereocenters. The van der Waals surface area contributed by atoms with Crippen LogP contribution >= 0.6 is 12.4 Å². The van der Waals surface area contributed by atoms with Gasteiger partial charge in [-0.25, -0.2) is 4.79 Å². The van der Waals surface area contributed by atoms with E-state index >= 15 is 0 Å². The minimum atomic E-state index is -0.347. The number of fused-ring (bicyclic) bond motifs is 2. The highest BCUT2D eigenvalue weighted by molar-refractivity contribution is 5.93. The fourth-order valence-corrected chi connectivity index (χ4v) is 5.11. The van der Waals surface area contributed by atoms with E-state index < -0.39 is 0 Å². The number of carbonyl (C=O) groups excluding carboxylic acids is 1. The van der Waals surface area contributed by atoms with Gasteiger partial charge < -0.3 is 15.6 Å². The van der Waals surface area contributed by atoms with Gasteiger partial charge in [-0.1, -0.05) is 24.3 Å². The zero-order valence-electron chi connectivity index (χ0n) is 17.1. The van der Waals surface area contributed by atoms with Crippen LogP contribution < -0.4 is 10.6 Å². The van der Waals surface area contributed by atoms with Crippen LogP contribution in [0, 0.1) is 0 Å². The number of urea groups is 1. The Bertz CT molecular complexity index is 1020. The summed E-state index contributed by atoms with van der Waals surface area (Å²) in [7, 11) is 0. The molecule has 2 aromatic carbocycles. The van der Waals surface area contributed by atoms with E-state index in [1.165, 1.54) is 34.9 Å². The van der Waals surface area contributed by atoms with Gasteiger partial charge in [0.15, 0.2) is 0 Å². The summed E-state index contributed by atoms with van der Waals surface area (Å²) in [6.45, 7) is 4.07. The van der Waals surface area contributed by atoms with Gasteiger partial charge in [-0.3, -0.25) is 4.90 Å². The summed E-state index contributed by atoms with van der Waals surface area (Å²) in [6, 6.07) is 16.8. The van der Waals surface area contributed by atoms with Gasteiger partial charge in [0.25, 0.3) is 0 Å². The Hall–Kier alpha value is -2.50. The Morgan fingerprint density at radius 1 is 1.10 bits per heavy atom. The van der Waals surface area contributed by atoms with Gasteiger partial charge in [0.05, 0.1) is 0 Å². The van der Waals surface area contributed by atoms with Crippen molar-refractivity contribution in [1.29, 1.82) is 0 Å². The lowest BCUT2D eigenvalue weighted by Gasteiger charge is -2.33. The molecule has 2 aliphatic rings. The molecule has 1 aromatic heterocycles. The van der Waals surface area contributed by atoms with Crippen LogP contribution in [0.2, 0.25) is 0 Å². The van der Waals surface area contributed by atoms with Crippen molar-refractivity contribution in [2.45, 2.75) is 31.1 Å². The molecule has 0 saturated carbocycles. The van der Waals surface area contributed by atoms with Crippen LogP contribution in [0.5, 0.6) is 0 Å². The molecule has 0 aliphatic carbocycles. The van der Waals surface area contributed by atoms with Gasteiger partial charge in [-0.05, 0) is 85.6 Å². The number of anilines is 1. The summed E-state index contributed by atoms with van der Waals surface area (Å²) >= 11 is 0. The van der Waals surface area contributed by atoms with E-state index in [4.69, 9.17) is 5.73 Å². The van der Waals surface area contributed by atoms with Crippen LogP contribution in [0.3, 0.4) is 0 Å². The van der Waals surface area contributed by atoms with E-state index in [2.05, 4.69) is 46.3 Å². The predicted octanol–water partition coefficient (Wildman–Crippen LogP) is 4.84. The third-order valence-corrected chi connectivity index (χ3v) is 6.77. The standard InChI is InChI=1S/C24H28N4O.ClH/c25-24(29)28-16-20(21-3-1-2-4-23(21)28)10-14-27-12-8-17(9-13-27)18-5-6-22-19(15-18)7-11-26-22;/h1-7,11,15,17,20,26H,8-10,12-14,16H2,(H2,25,29);1H/t20-;/m1./s1. The van der Waals surface area contributed by atoms with E-state index in [0.29, 0.717) is 18.4 Å². The molecule has 0 radical (unpaired) electrons. The van der Waals surface area contributed by atoms with Gasteiger partial charge >= 0.3 is 6.03 Å². The van der Waals surface area contributed by atoms with Crippen LogP contribution in [-0.4, -0.2) is 42.1 Å². The molecule has 30 heavy (non-hydrogen) atoms. The van der Waals surface area contributed by atoms with Crippen LogP contribution in [-0.2, 0) is 0 Å². The fourth-order valence-electron chi connectivity index (χ4n) is 5.11. The number of aromatic amines is 1. The highest BCUT2D eigenvalue weighted by Crippen LogP contribution is 2.38. The second-order valence-corrected chi connectivity index (χ2v) is 8.43. The minimum absolute atomic E-state index is 0. The van der Waals surface area contributed by atoms with Gasteiger partial charge in [0, 0.05) is 29.9 Å². The van der Waals surface area contributed by atoms with Crippen molar-refractivity contribution in [3.8, 4) is 0 Å². The lowest BCUT2D eigenvalue weighted by atomic mass is 9.88. The Balaban J connectivity index is 0.00000218. The molecule has 2 aliphatic heterocycles. The molecular weight excluding hydrogens is 396 g/mol. The second-order valence-electron chi connectivity index (χ2n) is 8.43. The van der Waals surface area contributed by atoms with Crippen LogP contribution in [0.1, 0.15) is 42.2 Å². The molecular formula is C24H29ClN4O. The topological polar surface area (TPSA) is 65.4 Å². The molecule has 5 rings (SSSR count).